The van der Waals surface area contributed by atoms with E-state index in [1.54, 1.807) is 6.92 Å². The molecule has 0 aliphatic carbocycles. The SMILES string of the molecule is CCOC(=O)CC(NC=O)c1ccccc1. The first kappa shape index (κ1) is 12.2. The van der Waals surface area contributed by atoms with Crippen LogP contribution in [0.1, 0.15) is 24.9 Å². The lowest BCUT2D eigenvalue weighted by molar-refractivity contribution is -0.143. The highest BCUT2D eigenvalue weighted by Gasteiger charge is 2.15. The molecule has 86 valence electrons. The molecule has 1 aromatic rings. The molecular formula is C12H15NO3. The Morgan fingerprint density at radius 1 is 1.44 bits per heavy atom. The Labute approximate surface area is 94.6 Å². The number of ether oxygens (including phenoxy) is 1. The molecule has 0 bridgehead atoms. The number of nitrogens with one attached hydrogen (secondary N) is 1. The van der Waals surface area contributed by atoms with E-state index in [0.717, 1.165) is 5.56 Å². The van der Waals surface area contributed by atoms with Crippen LogP contribution >= 0.6 is 0 Å². The summed E-state index contributed by atoms with van der Waals surface area (Å²) in [5.74, 6) is -0.314. The van der Waals surface area contributed by atoms with Gasteiger partial charge in [0.25, 0.3) is 0 Å². The fourth-order valence-corrected chi connectivity index (χ4v) is 1.43. The van der Waals surface area contributed by atoms with E-state index >= 15 is 0 Å². The minimum Gasteiger partial charge on any atom is -0.466 e. The second-order valence-electron chi connectivity index (χ2n) is 3.26. The number of hydrogen-bond acceptors (Lipinski definition) is 3. The third-order valence-corrected chi connectivity index (χ3v) is 2.15. The first-order valence-electron chi connectivity index (χ1n) is 5.18. The van der Waals surface area contributed by atoms with Crippen LogP contribution < -0.4 is 5.32 Å². The topological polar surface area (TPSA) is 55.4 Å². The van der Waals surface area contributed by atoms with Gasteiger partial charge in [-0.1, -0.05) is 30.3 Å². The normalized spacial score (nSPS) is 11.6. The predicted octanol–water partition coefficient (Wildman–Crippen LogP) is 1.43. The number of carbonyl (C=O) groups excluding carboxylic acids is 2. The van der Waals surface area contributed by atoms with Gasteiger partial charge < -0.3 is 10.1 Å². The molecule has 0 saturated carbocycles. The van der Waals surface area contributed by atoms with Gasteiger partial charge in [0.1, 0.15) is 0 Å². The van der Waals surface area contributed by atoms with Gasteiger partial charge in [-0.15, -0.1) is 0 Å². The zero-order valence-corrected chi connectivity index (χ0v) is 9.18. The fourth-order valence-electron chi connectivity index (χ4n) is 1.43. The van der Waals surface area contributed by atoms with Crippen LogP contribution in [-0.4, -0.2) is 19.0 Å². The molecule has 0 aliphatic rings. The first-order chi connectivity index (χ1) is 7.77. The number of carbonyl (C=O) groups is 2. The molecule has 1 N–H and O–H groups in total. The molecule has 1 atom stereocenters. The molecule has 0 heterocycles. The lowest BCUT2D eigenvalue weighted by Gasteiger charge is -2.15. The smallest absolute Gasteiger partial charge is 0.308 e. The zero-order chi connectivity index (χ0) is 11.8. The van der Waals surface area contributed by atoms with Crippen molar-refractivity contribution in [2.24, 2.45) is 0 Å². The molecule has 4 heteroatoms. The summed E-state index contributed by atoms with van der Waals surface area (Å²) in [6.07, 6.45) is 0.744. The molecule has 4 nitrogen and oxygen atoms in total. The van der Waals surface area contributed by atoms with Crippen LogP contribution in [0.5, 0.6) is 0 Å². The molecule has 0 spiro atoms. The van der Waals surface area contributed by atoms with E-state index in [9.17, 15) is 9.59 Å². The third-order valence-electron chi connectivity index (χ3n) is 2.15. The van der Waals surface area contributed by atoms with E-state index in [0.29, 0.717) is 13.0 Å². The van der Waals surface area contributed by atoms with Gasteiger partial charge in [0.15, 0.2) is 0 Å². The summed E-state index contributed by atoms with van der Waals surface area (Å²) in [5.41, 5.74) is 0.891. The van der Waals surface area contributed by atoms with Crippen LogP contribution in [0, 0.1) is 0 Å². The van der Waals surface area contributed by atoms with Crippen LogP contribution in [0.4, 0.5) is 0 Å². The van der Waals surface area contributed by atoms with Crippen LogP contribution in [0.2, 0.25) is 0 Å². The van der Waals surface area contributed by atoms with Gasteiger partial charge in [-0.3, -0.25) is 9.59 Å². The van der Waals surface area contributed by atoms with Crippen molar-refractivity contribution in [3.8, 4) is 0 Å². The summed E-state index contributed by atoms with van der Waals surface area (Å²) < 4.78 is 4.85. The van der Waals surface area contributed by atoms with Crippen molar-refractivity contribution >= 4 is 12.4 Å². The van der Waals surface area contributed by atoms with Gasteiger partial charge in [-0.25, -0.2) is 0 Å². The van der Waals surface area contributed by atoms with Crippen molar-refractivity contribution in [3.05, 3.63) is 35.9 Å². The number of hydrogen-bond donors (Lipinski definition) is 1. The quantitative estimate of drug-likeness (QED) is 0.584. The molecular weight excluding hydrogens is 206 g/mol. The maximum atomic E-state index is 11.3. The summed E-state index contributed by atoms with van der Waals surface area (Å²) in [5, 5.41) is 2.61. The Hall–Kier alpha value is -1.84. The Balaban J connectivity index is 2.68. The molecule has 1 rings (SSSR count). The Morgan fingerprint density at radius 3 is 2.69 bits per heavy atom. The van der Waals surface area contributed by atoms with Gasteiger partial charge in [0.2, 0.25) is 6.41 Å². The van der Waals surface area contributed by atoms with Crippen LogP contribution in [-0.2, 0) is 14.3 Å². The lowest BCUT2D eigenvalue weighted by atomic mass is 10.0. The maximum Gasteiger partial charge on any atom is 0.308 e. The first-order valence-corrected chi connectivity index (χ1v) is 5.18. The Bertz CT molecular complexity index is 337. The number of rotatable bonds is 6. The minimum atomic E-state index is -0.322. The van der Waals surface area contributed by atoms with E-state index in [1.807, 2.05) is 30.3 Å². The molecule has 1 unspecified atom stereocenters. The molecule has 1 amide bonds. The molecule has 0 fully saturated rings. The average molecular weight is 221 g/mol. The van der Waals surface area contributed by atoms with Crippen LogP contribution in [0.15, 0.2) is 30.3 Å². The van der Waals surface area contributed by atoms with Crippen molar-refractivity contribution in [3.63, 3.8) is 0 Å². The molecule has 0 aliphatic heterocycles. The van der Waals surface area contributed by atoms with Gasteiger partial charge in [-0.2, -0.15) is 0 Å². The molecule has 16 heavy (non-hydrogen) atoms. The summed E-state index contributed by atoms with van der Waals surface area (Å²) in [6, 6.07) is 9.00. The highest BCUT2D eigenvalue weighted by atomic mass is 16.5. The number of esters is 1. The van der Waals surface area contributed by atoms with Crippen LogP contribution in [0.25, 0.3) is 0 Å². The molecule has 0 radical (unpaired) electrons. The van der Waals surface area contributed by atoms with Gasteiger partial charge in [-0.05, 0) is 12.5 Å². The van der Waals surface area contributed by atoms with E-state index in [4.69, 9.17) is 4.74 Å². The summed E-state index contributed by atoms with van der Waals surface area (Å²) in [6.45, 7) is 2.10. The van der Waals surface area contributed by atoms with Crippen molar-refractivity contribution in [2.75, 3.05) is 6.61 Å². The molecule has 0 aromatic heterocycles. The average Bonchev–Trinajstić information content (AvgIpc) is 2.30. The second kappa shape index (κ2) is 6.61. The van der Waals surface area contributed by atoms with E-state index < -0.39 is 0 Å². The maximum absolute atomic E-state index is 11.3. The highest BCUT2D eigenvalue weighted by molar-refractivity contribution is 5.71. The summed E-state index contributed by atoms with van der Waals surface area (Å²) >= 11 is 0. The fraction of sp³-hybridized carbons (Fsp3) is 0.333. The monoisotopic (exact) mass is 221 g/mol. The van der Waals surface area contributed by atoms with Gasteiger partial charge >= 0.3 is 5.97 Å². The van der Waals surface area contributed by atoms with Crippen molar-refractivity contribution < 1.29 is 14.3 Å². The summed E-state index contributed by atoms with van der Waals surface area (Å²) in [4.78, 5) is 21.8. The number of amides is 1. The second-order valence-corrected chi connectivity index (χ2v) is 3.26. The highest BCUT2D eigenvalue weighted by Crippen LogP contribution is 2.16. The minimum absolute atomic E-state index is 0.149. The van der Waals surface area contributed by atoms with E-state index in [-0.39, 0.29) is 18.4 Å². The summed E-state index contributed by atoms with van der Waals surface area (Å²) in [7, 11) is 0. The molecule has 1 aromatic carbocycles. The Morgan fingerprint density at radius 2 is 2.12 bits per heavy atom. The zero-order valence-electron chi connectivity index (χ0n) is 9.18. The van der Waals surface area contributed by atoms with Crippen molar-refractivity contribution in [1.82, 2.24) is 5.32 Å². The van der Waals surface area contributed by atoms with Gasteiger partial charge in [0, 0.05) is 0 Å². The predicted molar refractivity (Wildman–Crippen MR) is 59.6 cm³/mol. The van der Waals surface area contributed by atoms with E-state index in [2.05, 4.69) is 5.32 Å². The van der Waals surface area contributed by atoms with Gasteiger partial charge in [0.05, 0.1) is 19.1 Å². The molecule has 0 saturated heterocycles. The van der Waals surface area contributed by atoms with Crippen LogP contribution in [0.3, 0.4) is 0 Å². The third kappa shape index (κ3) is 3.73. The Kier molecular flexibility index (Phi) is 5.05. The standard InChI is InChI=1S/C12H15NO3/c1-2-16-12(15)8-11(13-9-14)10-6-4-3-5-7-10/h3-7,9,11H,2,8H2,1H3,(H,13,14). The van der Waals surface area contributed by atoms with Crippen molar-refractivity contribution in [1.29, 1.82) is 0 Å². The largest absolute Gasteiger partial charge is 0.466 e. The van der Waals surface area contributed by atoms with E-state index in [1.165, 1.54) is 0 Å². The lowest BCUT2D eigenvalue weighted by Crippen LogP contribution is -2.23. The number of benzene rings is 1. The van der Waals surface area contributed by atoms with Crippen molar-refractivity contribution in [2.45, 2.75) is 19.4 Å².